The molecule has 1 aromatic carbocycles. The van der Waals surface area contributed by atoms with Gasteiger partial charge in [0, 0.05) is 0 Å². The Kier molecular flexibility index (Phi) is 7.62. The van der Waals surface area contributed by atoms with Crippen molar-refractivity contribution in [2.45, 2.75) is 45.4 Å². The van der Waals surface area contributed by atoms with Gasteiger partial charge in [-0.2, -0.15) is 5.56 Å². The standard InChI is InChI=1S/C16H20N2O.K/c1-11(19)14-10-13(7-8-15(14)17)16(18)9-12-5-3-2-4-6-12;/h8,10,12H,2-6,9,17H2,1H3;/q-2;+1. The molecule has 0 radical (unpaired) electrons. The number of benzene rings is 1. The molecule has 2 rings (SSSR count). The Morgan fingerprint density at radius 3 is 2.65 bits per heavy atom. The number of rotatable bonds is 4. The normalized spacial score (nSPS) is 15.4. The number of hydrogen-bond acceptors (Lipinski definition) is 2. The zero-order chi connectivity index (χ0) is 13.8. The number of nitrogen functional groups attached to an aromatic ring is 1. The Morgan fingerprint density at radius 2 is 2.05 bits per heavy atom. The fourth-order valence-corrected chi connectivity index (χ4v) is 2.75. The van der Waals surface area contributed by atoms with Crippen molar-refractivity contribution in [2.75, 3.05) is 5.73 Å². The van der Waals surface area contributed by atoms with Crippen LogP contribution in [0.4, 0.5) is 5.69 Å². The second-order valence-corrected chi connectivity index (χ2v) is 5.43. The van der Waals surface area contributed by atoms with Crippen LogP contribution in [0.3, 0.4) is 0 Å². The summed E-state index contributed by atoms with van der Waals surface area (Å²) in [6, 6.07) is 6.18. The predicted octanol–water partition coefficient (Wildman–Crippen LogP) is 0.604. The van der Waals surface area contributed by atoms with E-state index in [1.807, 2.05) is 0 Å². The van der Waals surface area contributed by atoms with Crippen molar-refractivity contribution in [3.05, 3.63) is 34.7 Å². The minimum atomic E-state index is -0.0850. The molecule has 1 fully saturated rings. The Hall–Kier alpha value is -0.00364. The Balaban J connectivity index is 0.00000200. The van der Waals surface area contributed by atoms with Crippen LogP contribution in [0.5, 0.6) is 0 Å². The number of anilines is 1. The molecule has 0 aromatic heterocycles. The SMILES string of the molecule is CC(=O)c1cc(C(=[N-])CC2CCCCC2)[c-]cc1N.[K+]. The van der Waals surface area contributed by atoms with Crippen LogP contribution < -0.4 is 57.1 Å². The fraction of sp³-hybridized carbons (Fsp3) is 0.500. The van der Waals surface area contributed by atoms with Crippen LogP contribution in [-0.4, -0.2) is 11.5 Å². The Labute approximate surface area is 163 Å². The Bertz CT molecular complexity index is 493. The molecule has 0 unspecified atom stereocenters. The summed E-state index contributed by atoms with van der Waals surface area (Å²) in [4.78, 5) is 11.4. The van der Waals surface area contributed by atoms with Gasteiger partial charge in [0.15, 0.2) is 0 Å². The molecule has 20 heavy (non-hydrogen) atoms. The number of ketones is 1. The van der Waals surface area contributed by atoms with E-state index in [2.05, 4.69) is 6.07 Å². The second-order valence-electron chi connectivity index (χ2n) is 5.43. The Morgan fingerprint density at radius 1 is 1.40 bits per heavy atom. The molecular formula is C16H20KN2O-. The summed E-state index contributed by atoms with van der Waals surface area (Å²) in [6.07, 6.45) is 6.85. The van der Waals surface area contributed by atoms with Crippen LogP contribution in [0.15, 0.2) is 12.1 Å². The van der Waals surface area contributed by atoms with E-state index in [1.54, 1.807) is 12.1 Å². The third kappa shape index (κ3) is 4.77. The van der Waals surface area contributed by atoms with Crippen LogP contribution >= 0.6 is 0 Å². The van der Waals surface area contributed by atoms with Crippen LogP contribution in [0.1, 0.15) is 61.4 Å². The van der Waals surface area contributed by atoms with Gasteiger partial charge in [-0.25, -0.2) is 0 Å². The van der Waals surface area contributed by atoms with Crippen molar-refractivity contribution < 1.29 is 56.2 Å². The summed E-state index contributed by atoms with van der Waals surface area (Å²) in [5, 5.41) is 10.2. The van der Waals surface area contributed by atoms with Gasteiger partial charge >= 0.3 is 51.4 Å². The van der Waals surface area contributed by atoms with E-state index in [1.165, 1.54) is 39.0 Å². The minimum absolute atomic E-state index is 0. The van der Waals surface area contributed by atoms with Gasteiger partial charge in [0.1, 0.15) is 5.78 Å². The number of Topliss-reactive ketones (excluding diaryl/α,β-unsaturated/α-hetero) is 1. The first kappa shape index (κ1) is 18.0. The maximum absolute atomic E-state index is 11.4. The predicted molar refractivity (Wildman–Crippen MR) is 78.4 cm³/mol. The molecule has 4 heteroatoms. The molecular weight excluding hydrogens is 275 g/mol. The molecule has 1 aromatic rings. The molecule has 102 valence electrons. The van der Waals surface area contributed by atoms with E-state index in [0.717, 1.165) is 0 Å². The van der Waals surface area contributed by atoms with Crippen LogP contribution in [0.2, 0.25) is 0 Å². The van der Waals surface area contributed by atoms with Crippen LogP contribution in [-0.2, 0) is 0 Å². The number of carbonyl (C=O) groups excluding carboxylic acids is 1. The van der Waals surface area contributed by atoms with Gasteiger partial charge < -0.3 is 11.1 Å². The van der Waals surface area contributed by atoms with E-state index >= 15 is 0 Å². The van der Waals surface area contributed by atoms with Crippen molar-refractivity contribution in [1.82, 2.24) is 0 Å². The maximum atomic E-state index is 11.4. The molecule has 1 saturated carbocycles. The fourth-order valence-electron chi connectivity index (χ4n) is 2.75. The summed E-state index contributed by atoms with van der Waals surface area (Å²) < 4.78 is 0. The summed E-state index contributed by atoms with van der Waals surface area (Å²) in [5.41, 5.74) is 7.54. The quantitative estimate of drug-likeness (QED) is 0.291. The molecule has 1 aliphatic rings. The summed E-state index contributed by atoms with van der Waals surface area (Å²) >= 11 is 0. The first-order valence-corrected chi connectivity index (χ1v) is 6.95. The van der Waals surface area contributed by atoms with Crippen molar-refractivity contribution in [1.29, 1.82) is 0 Å². The van der Waals surface area contributed by atoms with Gasteiger partial charge in [-0.15, -0.1) is 18.2 Å². The van der Waals surface area contributed by atoms with Gasteiger partial charge in [0.25, 0.3) is 0 Å². The molecule has 0 saturated heterocycles. The molecule has 1 aliphatic carbocycles. The zero-order valence-electron chi connectivity index (χ0n) is 12.4. The minimum Gasteiger partial charge on any atom is -0.859 e. The largest absolute Gasteiger partial charge is 1.00 e. The molecule has 0 bridgehead atoms. The van der Waals surface area contributed by atoms with Crippen molar-refractivity contribution >= 4 is 17.2 Å². The average molecular weight is 295 g/mol. The smallest absolute Gasteiger partial charge is 0.859 e. The molecule has 0 spiro atoms. The van der Waals surface area contributed by atoms with E-state index in [9.17, 15) is 10.2 Å². The monoisotopic (exact) mass is 295 g/mol. The molecule has 3 nitrogen and oxygen atoms in total. The molecule has 0 heterocycles. The summed E-state index contributed by atoms with van der Waals surface area (Å²) in [5.74, 6) is 0.471. The van der Waals surface area contributed by atoms with Gasteiger partial charge in [-0.3, -0.25) is 10.5 Å². The second kappa shape index (κ2) is 8.44. The van der Waals surface area contributed by atoms with Gasteiger partial charge in [-0.05, 0) is 24.1 Å². The van der Waals surface area contributed by atoms with Crippen LogP contribution in [0, 0.1) is 12.0 Å². The first-order valence-electron chi connectivity index (χ1n) is 6.95. The maximum Gasteiger partial charge on any atom is 1.00 e. The van der Waals surface area contributed by atoms with Crippen LogP contribution in [0.25, 0.3) is 5.41 Å². The van der Waals surface area contributed by atoms with E-state index in [-0.39, 0.29) is 57.2 Å². The van der Waals surface area contributed by atoms with Gasteiger partial charge in [0.2, 0.25) is 0 Å². The number of nitrogens with zero attached hydrogens (tertiary/aromatic N) is 1. The van der Waals surface area contributed by atoms with Crippen molar-refractivity contribution in [2.24, 2.45) is 5.92 Å². The first-order chi connectivity index (χ1) is 9.08. The number of nitrogens with two attached hydrogens (primary N) is 1. The third-order valence-electron chi connectivity index (χ3n) is 3.88. The molecule has 0 amide bonds. The topological polar surface area (TPSA) is 65.4 Å². The van der Waals surface area contributed by atoms with Crippen molar-refractivity contribution in [3.63, 3.8) is 0 Å². The summed E-state index contributed by atoms with van der Waals surface area (Å²) in [6.45, 7) is 1.48. The third-order valence-corrected chi connectivity index (χ3v) is 3.88. The molecule has 0 aliphatic heterocycles. The average Bonchev–Trinajstić information content (AvgIpc) is 2.40. The van der Waals surface area contributed by atoms with Gasteiger partial charge in [-0.1, -0.05) is 38.5 Å². The van der Waals surface area contributed by atoms with E-state index in [0.29, 0.717) is 34.9 Å². The number of hydrogen-bond donors (Lipinski definition) is 1. The van der Waals surface area contributed by atoms with E-state index in [4.69, 9.17) is 5.73 Å². The summed E-state index contributed by atoms with van der Waals surface area (Å²) in [7, 11) is 0. The number of carbonyl (C=O) groups is 1. The van der Waals surface area contributed by atoms with E-state index < -0.39 is 0 Å². The molecule has 0 atom stereocenters. The van der Waals surface area contributed by atoms with Gasteiger partial charge in [0.05, 0.1) is 0 Å². The van der Waals surface area contributed by atoms with Crippen molar-refractivity contribution in [3.8, 4) is 0 Å². The zero-order valence-corrected chi connectivity index (χ0v) is 15.5. The molecule has 2 N–H and O–H groups in total.